The minimum atomic E-state index is 0.785. The normalized spacial score (nSPS) is 11.1. The maximum atomic E-state index is 4.41. The molecule has 110 valence electrons. The van der Waals surface area contributed by atoms with Gasteiger partial charge in [-0.1, -0.05) is 71.9 Å². The van der Waals surface area contributed by atoms with Crippen molar-refractivity contribution in [3.05, 3.63) is 77.6 Å². The van der Waals surface area contributed by atoms with Gasteiger partial charge in [0.15, 0.2) is 0 Å². The van der Waals surface area contributed by atoms with Crippen LogP contribution in [0.1, 0.15) is 16.7 Å². The molecule has 2 aromatic carbocycles. The Balaban J connectivity index is 1.67. The molecule has 0 saturated carbocycles. The van der Waals surface area contributed by atoms with E-state index in [9.17, 15) is 0 Å². The van der Waals surface area contributed by atoms with Crippen molar-refractivity contribution in [2.45, 2.75) is 17.8 Å². The maximum Gasteiger partial charge on any atom is 0.212 e. The first-order valence-corrected chi connectivity index (χ1v) is 7.97. The van der Waals surface area contributed by atoms with Gasteiger partial charge in [0.1, 0.15) is 6.33 Å². The summed E-state index contributed by atoms with van der Waals surface area (Å²) < 4.78 is 1.70. The molecule has 0 aliphatic rings. The fourth-order valence-electron chi connectivity index (χ4n) is 1.89. The van der Waals surface area contributed by atoms with Crippen LogP contribution in [0.2, 0.25) is 0 Å². The SMILES string of the molecule is Cc1ccc(CSc2nncn2/N=C/c2ccccc2)cc1. The van der Waals surface area contributed by atoms with Gasteiger partial charge in [-0.15, -0.1) is 10.2 Å². The predicted molar refractivity (Wildman–Crippen MR) is 90.2 cm³/mol. The summed E-state index contributed by atoms with van der Waals surface area (Å²) >= 11 is 1.62. The van der Waals surface area contributed by atoms with E-state index in [1.165, 1.54) is 11.1 Å². The lowest BCUT2D eigenvalue weighted by Crippen LogP contribution is -1.92. The summed E-state index contributed by atoms with van der Waals surface area (Å²) in [4.78, 5) is 0. The van der Waals surface area contributed by atoms with Crippen molar-refractivity contribution in [3.8, 4) is 0 Å². The van der Waals surface area contributed by atoms with Crippen molar-refractivity contribution in [3.63, 3.8) is 0 Å². The van der Waals surface area contributed by atoms with Gasteiger partial charge in [-0.2, -0.15) is 9.78 Å². The van der Waals surface area contributed by atoms with Crippen LogP contribution in [-0.2, 0) is 5.75 Å². The van der Waals surface area contributed by atoms with E-state index in [4.69, 9.17) is 0 Å². The fraction of sp³-hybridized carbons (Fsp3) is 0.118. The minimum absolute atomic E-state index is 0.785. The van der Waals surface area contributed by atoms with E-state index in [0.29, 0.717) is 0 Å². The number of benzene rings is 2. The first-order chi connectivity index (χ1) is 10.8. The van der Waals surface area contributed by atoms with Crippen LogP contribution in [-0.4, -0.2) is 21.1 Å². The summed E-state index contributed by atoms with van der Waals surface area (Å²) in [5.74, 6) is 0.847. The first kappa shape index (κ1) is 14.5. The number of hydrogen-bond acceptors (Lipinski definition) is 4. The smallest absolute Gasteiger partial charge is 0.195 e. The summed E-state index contributed by atoms with van der Waals surface area (Å²) in [5, 5.41) is 13.3. The standard InChI is InChI=1S/C17H16N4S/c1-14-7-9-16(10-8-14)12-22-17-20-18-13-21(17)19-11-15-5-3-2-4-6-15/h2-11,13H,12H2,1H3/b19-11+. The van der Waals surface area contributed by atoms with Gasteiger partial charge in [0.25, 0.3) is 0 Å². The Labute approximate surface area is 133 Å². The molecule has 3 aromatic rings. The molecule has 0 saturated heterocycles. The van der Waals surface area contributed by atoms with E-state index >= 15 is 0 Å². The average molecular weight is 308 g/mol. The molecule has 1 aromatic heterocycles. The quantitative estimate of drug-likeness (QED) is 0.532. The van der Waals surface area contributed by atoms with Crippen molar-refractivity contribution in [1.82, 2.24) is 14.9 Å². The number of hydrogen-bond donors (Lipinski definition) is 0. The zero-order chi connectivity index (χ0) is 15.2. The summed E-state index contributed by atoms with van der Waals surface area (Å²) in [6, 6.07) is 18.5. The summed E-state index contributed by atoms with van der Waals surface area (Å²) in [6.07, 6.45) is 3.43. The molecule has 22 heavy (non-hydrogen) atoms. The molecule has 0 radical (unpaired) electrons. The molecule has 0 aliphatic heterocycles. The van der Waals surface area contributed by atoms with E-state index in [1.807, 2.05) is 30.3 Å². The molecule has 0 atom stereocenters. The molecule has 0 aliphatic carbocycles. The number of aryl methyl sites for hydroxylation is 1. The van der Waals surface area contributed by atoms with Gasteiger partial charge in [-0.05, 0) is 18.1 Å². The van der Waals surface area contributed by atoms with Gasteiger partial charge in [0.05, 0.1) is 6.21 Å². The van der Waals surface area contributed by atoms with Crippen molar-refractivity contribution in [2.24, 2.45) is 5.10 Å². The lowest BCUT2D eigenvalue weighted by atomic mass is 10.2. The molecule has 5 heteroatoms. The molecule has 0 amide bonds. The van der Waals surface area contributed by atoms with Gasteiger partial charge in [-0.25, -0.2) is 0 Å². The third-order valence-electron chi connectivity index (χ3n) is 3.12. The second-order valence-corrected chi connectivity index (χ2v) is 5.83. The van der Waals surface area contributed by atoms with E-state index < -0.39 is 0 Å². The lowest BCUT2D eigenvalue weighted by molar-refractivity contribution is 0.767. The van der Waals surface area contributed by atoms with E-state index in [-0.39, 0.29) is 0 Å². The molecule has 0 bridgehead atoms. The summed E-state index contributed by atoms with van der Waals surface area (Å²) in [5.41, 5.74) is 3.58. The molecular formula is C17H16N4S. The molecular weight excluding hydrogens is 292 g/mol. The highest BCUT2D eigenvalue weighted by molar-refractivity contribution is 7.98. The van der Waals surface area contributed by atoms with Crippen molar-refractivity contribution in [2.75, 3.05) is 0 Å². The first-order valence-electron chi connectivity index (χ1n) is 6.99. The lowest BCUT2D eigenvalue weighted by Gasteiger charge is -2.02. The highest BCUT2D eigenvalue weighted by Gasteiger charge is 2.04. The Morgan fingerprint density at radius 3 is 2.64 bits per heavy atom. The number of nitrogens with zero attached hydrogens (tertiary/aromatic N) is 4. The van der Waals surface area contributed by atoms with Gasteiger partial charge in [0, 0.05) is 5.75 Å². The molecule has 3 rings (SSSR count). The van der Waals surface area contributed by atoms with Crippen molar-refractivity contribution < 1.29 is 0 Å². The molecule has 0 unspecified atom stereocenters. The largest absolute Gasteiger partial charge is 0.212 e. The molecule has 1 heterocycles. The van der Waals surface area contributed by atoms with Gasteiger partial charge >= 0.3 is 0 Å². The van der Waals surface area contributed by atoms with E-state index in [1.54, 1.807) is 29.0 Å². The number of thioether (sulfide) groups is 1. The van der Waals surface area contributed by atoms with E-state index in [2.05, 4.69) is 46.5 Å². The van der Waals surface area contributed by atoms with Crippen LogP contribution in [0.15, 0.2) is 71.2 Å². The maximum absolute atomic E-state index is 4.41. The topological polar surface area (TPSA) is 43.1 Å². The number of rotatable bonds is 5. The third kappa shape index (κ3) is 3.83. The second-order valence-electron chi connectivity index (χ2n) is 4.89. The zero-order valence-corrected chi connectivity index (χ0v) is 13.1. The molecule has 0 spiro atoms. The van der Waals surface area contributed by atoms with E-state index in [0.717, 1.165) is 16.5 Å². The van der Waals surface area contributed by atoms with Crippen LogP contribution in [0.5, 0.6) is 0 Å². The molecule has 4 nitrogen and oxygen atoms in total. The van der Waals surface area contributed by atoms with Crippen LogP contribution in [0.25, 0.3) is 0 Å². The molecule has 0 fully saturated rings. The van der Waals surface area contributed by atoms with Gasteiger partial charge in [0.2, 0.25) is 5.16 Å². The highest BCUT2D eigenvalue weighted by Crippen LogP contribution is 2.20. The van der Waals surface area contributed by atoms with Crippen molar-refractivity contribution in [1.29, 1.82) is 0 Å². The summed E-state index contributed by atoms with van der Waals surface area (Å²) in [6.45, 7) is 2.09. The predicted octanol–water partition coefficient (Wildman–Crippen LogP) is 3.76. The van der Waals surface area contributed by atoms with Crippen LogP contribution < -0.4 is 0 Å². The van der Waals surface area contributed by atoms with Gasteiger partial charge < -0.3 is 0 Å². The van der Waals surface area contributed by atoms with Crippen LogP contribution in [0.4, 0.5) is 0 Å². The Morgan fingerprint density at radius 1 is 1.09 bits per heavy atom. The minimum Gasteiger partial charge on any atom is -0.195 e. The van der Waals surface area contributed by atoms with Crippen LogP contribution >= 0.6 is 11.8 Å². The Bertz CT molecular complexity index is 748. The highest BCUT2D eigenvalue weighted by atomic mass is 32.2. The third-order valence-corrected chi connectivity index (χ3v) is 4.12. The van der Waals surface area contributed by atoms with Crippen LogP contribution in [0.3, 0.4) is 0 Å². The molecule has 0 N–H and O–H groups in total. The number of aromatic nitrogens is 3. The van der Waals surface area contributed by atoms with Crippen molar-refractivity contribution >= 4 is 18.0 Å². The Hall–Kier alpha value is -2.40. The second kappa shape index (κ2) is 7.04. The Kier molecular flexibility index (Phi) is 4.65. The van der Waals surface area contributed by atoms with Crippen LogP contribution in [0, 0.1) is 6.92 Å². The average Bonchev–Trinajstić information content (AvgIpc) is 3.01. The summed E-state index contributed by atoms with van der Waals surface area (Å²) in [7, 11) is 0. The Morgan fingerprint density at radius 2 is 1.86 bits per heavy atom. The fourth-order valence-corrected chi connectivity index (χ4v) is 2.71. The zero-order valence-electron chi connectivity index (χ0n) is 12.3. The van der Waals surface area contributed by atoms with Gasteiger partial charge in [-0.3, -0.25) is 0 Å². The monoisotopic (exact) mass is 308 g/mol.